The maximum Gasteiger partial charge on any atom is 0.174 e. The minimum absolute atomic E-state index is 0.332. The molecule has 0 unspecified atom stereocenters. The van der Waals surface area contributed by atoms with Gasteiger partial charge in [0.15, 0.2) is 5.78 Å². The topological polar surface area (TPSA) is 17.1 Å². The molecule has 172 valence electrons. The van der Waals surface area contributed by atoms with Crippen LogP contribution in [0.4, 0.5) is 0 Å². The van der Waals surface area contributed by atoms with Crippen molar-refractivity contribution in [3.8, 4) is 9.75 Å². The van der Waals surface area contributed by atoms with Crippen LogP contribution < -0.4 is 0 Å². The number of fused-ring (bicyclic) bond motifs is 3. The first-order chi connectivity index (χ1) is 15.0. The third kappa shape index (κ3) is 6.13. The average Bonchev–Trinajstić information content (AvgIpc) is 3.33. The Hall–Kier alpha value is 0.0300. The summed E-state index contributed by atoms with van der Waals surface area (Å²) in [5.74, 6) is 0.379. The molecule has 3 rings (SSSR count). The minimum Gasteiger partial charge on any atom is -0.293 e. The van der Waals surface area contributed by atoms with Gasteiger partial charge in [-0.1, -0.05) is 90.9 Å². The van der Waals surface area contributed by atoms with E-state index < -0.39 is 0 Å². The number of unbranched alkanes of at least 4 members (excludes halogenated alkanes) is 10. The highest BCUT2D eigenvalue weighted by Crippen LogP contribution is 2.55. The van der Waals surface area contributed by atoms with E-state index in [-0.39, 0.29) is 5.41 Å². The predicted molar refractivity (Wildman–Crippen MR) is 145 cm³/mol. The van der Waals surface area contributed by atoms with Crippen LogP contribution in [0.2, 0.25) is 0 Å². The zero-order valence-corrected chi connectivity index (χ0v) is 23.8. The Labute approximate surface area is 213 Å². The van der Waals surface area contributed by atoms with Crippen molar-refractivity contribution in [1.82, 2.24) is 0 Å². The lowest BCUT2D eigenvalue weighted by Gasteiger charge is -2.36. The second-order valence-corrected chi connectivity index (χ2v) is 13.9. The van der Waals surface area contributed by atoms with Crippen molar-refractivity contribution < 1.29 is 4.79 Å². The van der Waals surface area contributed by atoms with E-state index in [1.54, 1.807) is 22.7 Å². The summed E-state index contributed by atoms with van der Waals surface area (Å²) in [4.78, 5) is 16.5. The third-order valence-electron chi connectivity index (χ3n) is 6.72. The first-order valence-electron chi connectivity index (χ1n) is 12.2. The smallest absolute Gasteiger partial charge is 0.174 e. The Morgan fingerprint density at radius 1 is 0.710 bits per heavy atom. The molecular formula is C26H36Br2OS2. The van der Waals surface area contributed by atoms with Gasteiger partial charge in [0.25, 0.3) is 0 Å². The maximum absolute atomic E-state index is 14.0. The summed E-state index contributed by atoms with van der Waals surface area (Å²) in [6, 6.07) is 4.35. The van der Waals surface area contributed by atoms with Crippen LogP contribution in [0.1, 0.15) is 120 Å². The van der Waals surface area contributed by atoms with Crippen LogP contribution in [0.3, 0.4) is 0 Å². The summed E-state index contributed by atoms with van der Waals surface area (Å²) in [7, 11) is 0. The lowest BCUT2D eigenvalue weighted by Crippen LogP contribution is -2.38. The van der Waals surface area contributed by atoms with E-state index in [1.165, 1.54) is 79.5 Å². The quantitative estimate of drug-likeness (QED) is 0.201. The molecule has 0 aromatic carbocycles. The third-order valence-corrected chi connectivity index (χ3v) is 10.2. The van der Waals surface area contributed by atoms with Gasteiger partial charge in [0.1, 0.15) is 0 Å². The van der Waals surface area contributed by atoms with E-state index in [0.29, 0.717) is 5.78 Å². The number of carbonyl (C=O) groups excluding carboxylic acids is 1. The fourth-order valence-corrected chi connectivity index (χ4v) is 8.45. The Morgan fingerprint density at radius 2 is 1.19 bits per heavy atom. The molecule has 0 aliphatic heterocycles. The summed E-state index contributed by atoms with van der Waals surface area (Å²) < 4.78 is 2.22. The summed E-state index contributed by atoms with van der Waals surface area (Å²) in [5.41, 5.74) is 1.93. The molecule has 0 amide bonds. The molecule has 1 aliphatic carbocycles. The van der Waals surface area contributed by atoms with Gasteiger partial charge >= 0.3 is 0 Å². The van der Waals surface area contributed by atoms with Crippen molar-refractivity contribution in [2.45, 2.75) is 109 Å². The molecule has 2 heterocycles. The van der Waals surface area contributed by atoms with Crippen molar-refractivity contribution in [1.29, 1.82) is 0 Å². The fourth-order valence-electron chi connectivity index (χ4n) is 5.00. The first kappa shape index (κ1) is 25.6. The average molecular weight is 589 g/mol. The molecule has 1 nitrogen and oxygen atoms in total. The Bertz CT molecular complexity index is 836. The molecule has 0 radical (unpaired) electrons. The van der Waals surface area contributed by atoms with E-state index in [2.05, 4.69) is 57.8 Å². The van der Waals surface area contributed by atoms with Gasteiger partial charge in [-0.3, -0.25) is 4.79 Å². The summed E-state index contributed by atoms with van der Waals surface area (Å²) >= 11 is 10.9. The number of halogens is 2. The monoisotopic (exact) mass is 586 g/mol. The van der Waals surface area contributed by atoms with Crippen LogP contribution >= 0.6 is 54.5 Å². The fraction of sp³-hybridized carbons (Fsp3) is 0.654. The zero-order chi connectivity index (χ0) is 22.3. The van der Waals surface area contributed by atoms with Crippen molar-refractivity contribution >= 4 is 60.3 Å². The van der Waals surface area contributed by atoms with Gasteiger partial charge in [-0.25, -0.2) is 0 Å². The molecular weight excluding hydrogens is 552 g/mol. The number of ketones is 1. The van der Waals surface area contributed by atoms with E-state index in [1.807, 2.05) is 0 Å². The molecule has 31 heavy (non-hydrogen) atoms. The SMILES string of the molecule is CCCCCCCCC1(CCCCCCCC)C(=O)c2cc(Br)sc2-c2sc(Br)cc21. The number of rotatable bonds is 14. The van der Waals surface area contributed by atoms with Gasteiger partial charge in [-0.15, -0.1) is 22.7 Å². The maximum atomic E-state index is 14.0. The van der Waals surface area contributed by atoms with Gasteiger partial charge in [-0.2, -0.15) is 0 Å². The first-order valence-corrected chi connectivity index (χ1v) is 15.4. The van der Waals surface area contributed by atoms with E-state index in [9.17, 15) is 4.79 Å². The molecule has 0 saturated heterocycles. The number of hydrogen-bond acceptors (Lipinski definition) is 3. The van der Waals surface area contributed by atoms with Gasteiger partial charge in [0, 0.05) is 5.56 Å². The number of Topliss-reactive ketones (excluding diaryl/α,β-unsaturated/α-hetero) is 1. The second-order valence-electron chi connectivity index (χ2n) is 9.03. The van der Waals surface area contributed by atoms with Crippen molar-refractivity contribution in [3.05, 3.63) is 30.8 Å². The Morgan fingerprint density at radius 3 is 1.77 bits per heavy atom. The molecule has 1 aliphatic rings. The molecule has 0 saturated carbocycles. The van der Waals surface area contributed by atoms with Gasteiger partial charge in [0.2, 0.25) is 0 Å². The highest BCUT2D eigenvalue weighted by molar-refractivity contribution is 9.11. The number of hydrogen-bond donors (Lipinski definition) is 0. The van der Waals surface area contributed by atoms with Crippen LogP contribution in [0.25, 0.3) is 9.75 Å². The highest BCUT2D eigenvalue weighted by atomic mass is 79.9. The lowest BCUT2D eigenvalue weighted by molar-refractivity contribution is 0.0855. The van der Waals surface area contributed by atoms with Crippen LogP contribution in [0.5, 0.6) is 0 Å². The van der Waals surface area contributed by atoms with Gasteiger partial charge < -0.3 is 0 Å². The second kappa shape index (κ2) is 12.5. The molecule has 0 fully saturated rings. The molecule has 0 bridgehead atoms. The molecule has 0 spiro atoms. The van der Waals surface area contributed by atoms with E-state index in [0.717, 1.165) is 38.8 Å². The van der Waals surface area contributed by atoms with E-state index >= 15 is 0 Å². The summed E-state index contributed by atoms with van der Waals surface area (Å²) in [6.07, 6.45) is 17.2. The summed E-state index contributed by atoms with van der Waals surface area (Å²) in [6.45, 7) is 4.53. The molecule has 2 aromatic rings. The normalized spacial score (nSPS) is 14.6. The highest BCUT2D eigenvalue weighted by Gasteiger charge is 2.47. The molecule has 0 atom stereocenters. The minimum atomic E-state index is -0.332. The van der Waals surface area contributed by atoms with Crippen molar-refractivity contribution in [3.63, 3.8) is 0 Å². The number of carbonyl (C=O) groups is 1. The summed E-state index contributed by atoms with van der Waals surface area (Å²) in [5, 5.41) is 0. The Balaban J connectivity index is 1.82. The van der Waals surface area contributed by atoms with E-state index in [4.69, 9.17) is 0 Å². The van der Waals surface area contributed by atoms with Crippen molar-refractivity contribution in [2.24, 2.45) is 0 Å². The van der Waals surface area contributed by atoms with Crippen molar-refractivity contribution in [2.75, 3.05) is 0 Å². The van der Waals surface area contributed by atoms with Crippen LogP contribution in [-0.4, -0.2) is 5.78 Å². The standard InChI is InChI=1S/C26H36Br2OS2/c1-3-5-7-9-11-13-15-26(16-14-12-10-8-6-4-2)20-18-22(28)31-24(20)23-19(25(26)29)17-21(27)30-23/h17-18H,3-16H2,1-2H3. The van der Waals surface area contributed by atoms with Crippen LogP contribution in [0.15, 0.2) is 19.7 Å². The Kier molecular flexibility index (Phi) is 10.3. The molecule has 2 aromatic heterocycles. The largest absolute Gasteiger partial charge is 0.293 e. The zero-order valence-electron chi connectivity index (χ0n) is 19.0. The molecule has 5 heteroatoms. The lowest BCUT2D eigenvalue weighted by atomic mass is 9.65. The molecule has 0 N–H and O–H groups in total. The van der Waals surface area contributed by atoms with Crippen LogP contribution in [0, 0.1) is 0 Å². The van der Waals surface area contributed by atoms with Gasteiger partial charge in [0.05, 0.1) is 22.7 Å². The van der Waals surface area contributed by atoms with Gasteiger partial charge in [-0.05, 0) is 62.4 Å². The van der Waals surface area contributed by atoms with Crippen LogP contribution in [-0.2, 0) is 5.41 Å². The number of thiophene rings is 2. The predicted octanol–water partition coefficient (Wildman–Crippen LogP) is 10.9.